The first-order chi connectivity index (χ1) is 7.45. The van der Waals surface area contributed by atoms with E-state index in [1.165, 1.54) is 21.6 Å². The van der Waals surface area contributed by atoms with Crippen molar-refractivity contribution in [3.8, 4) is 0 Å². The molecule has 0 fully saturated rings. The molecule has 0 saturated heterocycles. The molecule has 2 aromatic carbocycles. The number of fused-ring (bicyclic) bond motifs is 3. The van der Waals surface area contributed by atoms with Gasteiger partial charge >= 0.3 is 0 Å². The van der Waals surface area contributed by atoms with Crippen molar-refractivity contribution >= 4 is 30.7 Å². The standard InChI is InChI=1S/C14H11P/c1-2-6-12-11(5-1)8-9-14-13(12)7-3-4-10-15-14/h1-10,15H. The molecule has 0 spiro atoms. The maximum Gasteiger partial charge on any atom is -0.0100 e. The maximum absolute atomic E-state index is 2.25. The summed E-state index contributed by atoms with van der Waals surface area (Å²) in [5.74, 6) is 2.23. The molecule has 15 heavy (non-hydrogen) atoms. The molecule has 1 aliphatic heterocycles. The lowest BCUT2D eigenvalue weighted by atomic mass is 10.0. The topological polar surface area (TPSA) is 0 Å². The van der Waals surface area contributed by atoms with Gasteiger partial charge in [0.1, 0.15) is 0 Å². The van der Waals surface area contributed by atoms with Gasteiger partial charge in [0.2, 0.25) is 0 Å². The molecule has 1 unspecified atom stereocenters. The molecule has 1 aliphatic rings. The van der Waals surface area contributed by atoms with Crippen LogP contribution in [-0.4, -0.2) is 0 Å². The van der Waals surface area contributed by atoms with Gasteiger partial charge in [-0.3, -0.25) is 0 Å². The first-order valence-corrected chi connectivity index (χ1v) is 6.14. The Morgan fingerprint density at radius 2 is 1.80 bits per heavy atom. The number of hydrogen-bond acceptors (Lipinski definition) is 0. The summed E-state index contributed by atoms with van der Waals surface area (Å²) in [5, 5.41) is 4.13. The summed E-state index contributed by atoms with van der Waals surface area (Å²) in [6.07, 6.45) is 6.48. The number of allylic oxidation sites excluding steroid dienone is 2. The lowest BCUT2D eigenvalue weighted by Gasteiger charge is -2.07. The third-order valence-corrected chi connectivity index (χ3v) is 3.79. The lowest BCUT2D eigenvalue weighted by molar-refractivity contribution is 1.76. The molecule has 1 heteroatoms. The SMILES string of the molecule is C1=CPc2ccc3ccccc3c2C=C1. The van der Waals surface area contributed by atoms with Crippen molar-refractivity contribution in [2.45, 2.75) is 0 Å². The van der Waals surface area contributed by atoms with Gasteiger partial charge in [-0.05, 0) is 21.6 Å². The molecule has 0 aromatic heterocycles. The lowest BCUT2D eigenvalue weighted by Crippen LogP contribution is -1.98. The van der Waals surface area contributed by atoms with Crippen molar-refractivity contribution in [3.63, 3.8) is 0 Å². The molecule has 0 aliphatic carbocycles. The van der Waals surface area contributed by atoms with Crippen LogP contribution in [-0.2, 0) is 0 Å². The van der Waals surface area contributed by atoms with Crippen LogP contribution in [0.5, 0.6) is 0 Å². The van der Waals surface area contributed by atoms with Gasteiger partial charge in [0.15, 0.2) is 0 Å². The Bertz CT molecular complexity index is 565. The second-order valence-corrected chi connectivity index (χ2v) is 4.77. The third kappa shape index (κ3) is 1.52. The van der Waals surface area contributed by atoms with Gasteiger partial charge in [-0.25, -0.2) is 0 Å². The van der Waals surface area contributed by atoms with E-state index in [0.717, 1.165) is 8.58 Å². The Morgan fingerprint density at radius 1 is 0.867 bits per heavy atom. The van der Waals surface area contributed by atoms with Gasteiger partial charge in [0, 0.05) is 0 Å². The van der Waals surface area contributed by atoms with Crippen molar-refractivity contribution in [3.05, 3.63) is 59.9 Å². The van der Waals surface area contributed by atoms with Gasteiger partial charge in [0.25, 0.3) is 0 Å². The molecule has 1 atom stereocenters. The van der Waals surface area contributed by atoms with Crippen LogP contribution < -0.4 is 5.30 Å². The average molecular weight is 210 g/mol. The molecular weight excluding hydrogens is 199 g/mol. The third-order valence-electron chi connectivity index (χ3n) is 2.68. The fourth-order valence-electron chi connectivity index (χ4n) is 1.95. The average Bonchev–Trinajstić information content (AvgIpc) is 2.54. The van der Waals surface area contributed by atoms with Crippen LogP contribution in [0.1, 0.15) is 5.56 Å². The van der Waals surface area contributed by atoms with E-state index < -0.39 is 0 Å². The normalized spacial score (nSPS) is 15.5. The molecular formula is C14H11P. The predicted molar refractivity (Wildman–Crippen MR) is 70.1 cm³/mol. The molecule has 0 bridgehead atoms. The minimum atomic E-state index is 0.786. The fourth-order valence-corrected chi connectivity index (χ4v) is 2.89. The molecule has 3 rings (SSSR count). The zero-order valence-electron chi connectivity index (χ0n) is 8.27. The van der Waals surface area contributed by atoms with E-state index in [4.69, 9.17) is 0 Å². The van der Waals surface area contributed by atoms with Crippen molar-refractivity contribution < 1.29 is 0 Å². The van der Waals surface area contributed by atoms with E-state index in [1.807, 2.05) is 0 Å². The van der Waals surface area contributed by atoms with Crippen molar-refractivity contribution in [1.29, 1.82) is 0 Å². The molecule has 0 N–H and O–H groups in total. The Balaban J connectivity index is 2.38. The van der Waals surface area contributed by atoms with Gasteiger partial charge < -0.3 is 0 Å². The number of hydrogen-bond donors (Lipinski definition) is 0. The monoisotopic (exact) mass is 210 g/mol. The summed E-state index contributed by atoms with van der Waals surface area (Å²) in [4.78, 5) is 0. The van der Waals surface area contributed by atoms with Crippen LogP contribution in [0, 0.1) is 0 Å². The molecule has 1 heterocycles. The van der Waals surface area contributed by atoms with Crippen LogP contribution in [0.25, 0.3) is 16.8 Å². The quantitative estimate of drug-likeness (QED) is 0.582. The highest BCUT2D eigenvalue weighted by Crippen LogP contribution is 2.26. The summed E-state index contributed by atoms with van der Waals surface area (Å²) < 4.78 is 0. The summed E-state index contributed by atoms with van der Waals surface area (Å²) in [6, 6.07) is 13.0. The van der Waals surface area contributed by atoms with Gasteiger partial charge in [-0.1, -0.05) is 69.0 Å². The number of rotatable bonds is 0. The molecule has 0 radical (unpaired) electrons. The van der Waals surface area contributed by atoms with Crippen LogP contribution in [0.15, 0.2) is 54.4 Å². The van der Waals surface area contributed by atoms with Crippen LogP contribution in [0.2, 0.25) is 0 Å². The minimum Gasteiger partial charge on any atom is -0.0663 e. The molecule has 2 aromatic rings. The fraction of sp³-hybridized carbons (Fsp3) is 0. The highest BCUT2D eigenvalue weighted by Gasteiger charge is 2.04. The predicted octanol–water partition coefficient (Wildman–Crippen LogP) is 3.68. The summed E-state index contributed by atoms with van der Waals surface area (Å²) in [6.45, 7) is 0. The second-order valence-electron chi connectivity index (χ2n) is 3.61. The van der Waals surface area contributed by atoms with Crippen molar-refractivity contribution in [2.24, 2.45) is 0 Å². The van der Waals surface area contributed by atoms with Crippen LogP contribution >= 0.6 is 8.58 Å². The summed E-state index contributed by atoms with van der Waals surface area (Å²) in [7, 11) is 0.786. The molecule has 0 nitrogen and oxygen atoms in total. The summed E-state index contributed by atoms with van der Waals surface area (Å²) in [5.41, 5.74) is 1.39. The molecule has 72 valence electrons. The van der Waals surface area contributed by atoms with Crippen molar-refractivity contribution in [2.75, 3.05) is 0 Å². The van der Waals surface area contributed by atoms with E-state index in [1.54, 1.807) is 0 Å². The van der Waals surface area contributed by atoms with E-state index >= 15 is 0 Å². The van der Waals surface area contributed by atoms with E-state index in [-0.39, 0.29) is 0 Å². The Morgan fingerprint density at radius 3 is 2.80 bits per heavy atom. The highest BCUT2D eigenvalue weighted by molar-refractivity contribution is 7.50. The summed E-state index contributed by atoms with van der Waals surface area (Å²) >= 11 is 0. The molecule has 0 saturated carbocycles. The van der Waals surface area contributed by atoms with Gasteiger partial charge in [-0.15, -0.1) is 0 Å². The van der Waals surface area contributed by atoms with E-state index in [9.17, 15) is 0 Å². The maximum atomic E-state index is 2.25. The van der Waals surface area contributed by atoms with Crippen LogP contribution in [0.4, 0.5) is 0 Å². The van der Waals surface area contributed by atoms with Crippen molar-refractivity contribution in [1.82, 2.24) is 0 Å². The minimum absolute atomic E-state index is 0.786. The first kappa shape index (κ1) is 8.88. The van der Waals surface area contributed by atoms with E-state index in [2.05, 4.69) is 60.4 Å². The van der Waals surface area contributed by atoms with Gasteiger partial charge in [-0.2, -0.15) is 0 Å². The Kier molecular flexibility index (Phi) is 2.16. The second kappa shape index (κ2) is 3.64. The largest absolute Gasteiger partial charge is 0.0663 e. The highest BCUT2D eigenvalue weighted by atomic mass is 31.1. The number of benzene rings is 2. The smallest absolute Gasteiger partial charge is 0.0100 e. The zero-order chi connectivity index (χ0) is 10.1. The molecule has 0 amide bonds. The zero-order valence-corrected chi connectivity index (χ0v) is 9.27. The Labute approximate surface area is 91.1 Å². The van der Waals surface area contributed by atoms with E-state index in [0.29, 0.717) is 0 Å². The first-order valence-electron chi connectivity index (χ1n) is 5.07. The van der Waals surface area contributed by atoms with Gasteiger partial charge in [0.05, 0.1) is 0 Å². The van der Waals surface area contributed by atoms with Crippen LogP contribution in [0.3, 0.4) is 0 Å². The Hall–Kier alpha value is -1.39.